The Hall–Kier alpha value is -1.17. The van der Waals surface area contributed by atoms with Gasteiger partial charge in [0.1, 0.15) is 5.75 Å². The number of urea groups is 1. The lowest BCUT2D eigenvalue weighted by Gasteiger charge is -2.36. The predicted octanol–water partition coefficient (Wildman–Crippen LogP) is 2.21. The Morgan fingerprint density at radius 1 is 1.33 bits per heavy atom. The monoisotopic (exact) mass is 329 g/mol. The molecule has 21 heavy (non-hydrogen) atoms. The van der Waals surface area contributed by atoms with Crippen LogP contribution in [0.25, 0.3) is 0 Å². The first-order chi connectivity index (χ1) is 10.1. The first kappa shape index (κ1) is 14.8. The van der Waals surface area contributed by atoms with E-state index in [1.807, 2.05) is 11.0 Å². The summed E-state index contributed by atoms with van der Waals surface area (Å²) in [5.41, 5.74) is 0.980. The summed E-state index contributed by atoms with van der Waals surface area (Å²) >= 11 is 12.5. The fourth-order valence-electron chi connectivity index (χ4n) is 2.90. The summed E-state index contributed by atoms with van der Waals surface area (Å²) in [7, 11) is 1.57. The van der Waals surface area contributed by atoms with E-state index in [1.165, 1.54) is 0 Å². The molecule has 1 aromatic rings. The third kappa shape index (κ3) is 2.91. The number of methoxy groups -OCH3 is 1. The lowest BCUT2D eigenvalue weighted by molar-refractivity contribution is 0.116. The van der Waals surface area contributed by atoms with Crippen molar-refractivity contribution in [3.8, 4) is 5.75 Å². The summed E-state index contributed by atoms with van der Waals surface area (Å²) in [6.45, 7) is 3.87. The van der Waals surface area contributed by atoms with Crippen molar-refractivity contribution in [3.63, 3.8) is 0 Å². The molecule has 7 heteroatoms. The van der Waals surface area contributed by atoms with E-state index in [4.69, 9.17) is 27.9 Å². The molecule has 1 atom stereocenters. The molecular formula is C14H17Cl2N3O2. The fourth-order valence-corrected chi connectivity index (χ4v) is 3.38. The highest BCUT2D eigenvalue weighted by atomic mass is 35.5. The number of carbonyl (C=O) groups is 1. The number of halogens is 2. The van der Waals surface area contributed by atoms with E-state index in [2.05, 4.69) is 10.2 Å². The second kappa shape index (κ2) is 5.91. The van der Waals surface area contributed by atoms with Crippen molar-refractivity contribution in [2.24, 2.45) is 0 Å². The highest BCUT2D eigenvalue weighted by molar-refractivity contribution is 6.34. The molecule has 0 aliphatic carbocycles. The maximum Gasteiger partial charge on any atom is 0.317 e. The topological polar surface area (TPSA) is 44.8 Å². The molecule has 0 radical (unpaired) electrons. The Labute approximate surface area is 133 Å². The molecule has 0 aromatic heterocycles. The first-order valence-electron chi connectivity index (χ1n) is 6.87. The molecule has 0 spiro atoms. The Balaban J connectivity index is 1.70. The van der Waals surface area contributed by atoms with Gasteiger partial charge in [-0.15, -0.1) is 0 Å². The third-order valence-corrected chi connectivity index (χ3v) is 4.68. The van der Waals surface area contributed by atoms with Crippen LogP contribution in [0, 0.1) is 0 Å². The van der Waals surface area contributed by atoms with E-state index in [1.54, 1.807) is 13.2 Å². The van der Waals surface area contributed by atoms with Gasteiger partial charge in [0.25, 0.3) is 0 Å². The van der Waals surface area contributed by atoms with Crippen LogP contribution in [-0.2, 0) is 6.54 Å². The quantitative estimate of drug-likeness (QED) is 0.924. The zero-order valence-electron chi connectivity index (χ0n) is 11.7. The summed E-state index contributed by atoms with van der Waals surface area (Å²) in [6, 6.07) is 3.90. The van der Waals surface area contributed by atoms with Crippen molar-refractivity contribution in [1.82, 2.24) is 15.1 Å². The second-order valence-corrected chi connectivity index (χ2v) is 6.16. The van der Waals surface area contributed by atoms with Crippen LogP contribution >= 0.6 is 23.2 Å². The Morgan fingerprint density at radius 3 is 2.90 bits per heavy atom. The molecule has 2 aliphatic rings. The van der Waals surface area contributed by atoms with Gasteiger partial charge in [0.15, 0.2) is 0 Å². The van der Waals surface area contributed by atoms with Crippen molar-refractivity contribution >= 4 is 29.2 Å². The molecule has 114 valence electrons. The van der Waals surface area contributed by atoms with Crippen LogP contribution in [0.4, 0.5) is 4.79 Å². The number of carbonyl (C=O) groups excluding carboxylic acids is 1. The van der Waals surface area contributed by atoms with Crippen LogP contribution in [-0.4, -0.2) is 55.2 Å². The lowest BCUT2D eigenvalue weighted by Crippen LogP contribution is -2.51. The first-order valence-corrected chi connectivity index (χ1v) is 7.63. The summed E-state index contributed by atoms with van der Waals surface area (Å²) in [5, 5.41) is 4.09. The van der Waals surface area contributed by atoms with E-state index in [9.17, 15) is 4.79 Å². The average Bonchev–Trinajstić information content (AvgIpc) is 2.83. The van der Waals surface area contributed by atoms with Crippen molar-refractivity contribution in [3.05, 3.63) is 27.7 Å². The van der Waals surface area contributed by atoms with Crippen LogP contribution < -0.4 is 10.1 Å². The van der Waals surface area contributed by atoms with Gasteiger partial charge < -0.3 is 15.0 Å². The third-order valence-electron chi connectivity index (χ3n) is 4.03. The highest BCUT2D eigenvalue weighted by Crippen LogP contribution is 2.32. The van der Waals surface area contributed by atoms with Crippen molar-refractivity contribution in [2.75, 3.05) is 33.3 Å². The van der Waals surface area contributed by atoms with E-state index in [0.29, 0.717) is 22.3 Å². The molecule has 2 heterocycles. The maximum absolute atomic E-state index is 11.6. The van der Waals surface area contributed by atoms with Crippen LogP contribution in [0.5, 0.6) is 5.75 Å². The number of amides is 2. The van der Waals surface area contributed by atoms with Crippen LogP contribution in [0.3, 0.4) is 0 Å². The molecule has 2 fully saturated rings. The van der Waals surface area contributed by atoms with Gasteiger partial charge in [-0.1, -0.05) is 23.2 Å². The summed E-state index contributed by atoms with van der Waals surface area (Å²) in [5.74, 6) is 0.584. The summed E-state index contributed by atoms with van der Waals surface area (Å²) < 4.78 is 5.16. The maximum atomic E-state index is 11.6. The van der Waals surface area contributed by atoms with Gasteiger partial charge in [0.2, 0.25) is 0 Å². The van der Waals surface area contributed by atoms with Crippen molar-refractivity contribution in [2.45, 2.75) is 12.6 Å². The Morgan fingerprint density at radius 2 is 2.14 bits per heavy atom. The molecule has 2 aliphatic heterocycles. The number of nitrogens with zero attached hydrogens (tertiary/aromatic N) is 2. The van der Waals surface area contributed by atoms with E-state index in [-0.39, 0.29) is 12.1 Å². The standard InChI is InChI=1S/C14H17Cl2N3O2/c1-21-13-5-11(15)9(4-12(13)16)7-18-2-3-19-10(8-18)6-17-14(19)20/h4-5,10H,2-3,6-8H2,1H3,(H,17,20)/t10-/m1/s1. The zero-order chi connectivity index (χ0) is 15.0. The predicted molar refractivity (Wildman–Crippen MR) is 82.2 cm³/mol. The number of ether oxygens (including phenoxy) is 1. The molecule has 0 saturated carbocycles. The lowest BCUT2D eigenvalue weighted by atomic mass is 10.1. The number of hydrogen-bond acceptors (Lipinski definition) is 3. The van der Waals surface area contributed by atoms with E-state index >= 15 is 0 Å². The van der Waals surface area contributed by atoms with Gasteiger partial charge in [0, 0.05) is 43.8 Å². The summed E-state index contributed by atoms with van der Waals surface area (Å²) in [6.07, 6.45) is 0. The van der Waals surface area contributed by atoms with E-state index in [0.717, 1.165) is 31.7 Å². The Kier molecular flexibility index (Phi) is 4.15. The number of rotatable bonds is 3. The molecule has 1 N–H and O–H groups in total. The average molecular weight is 330 g/mol. The van der Waals surface area contributed by atoms with E-state index < -0.39 is 0 Å². The summed E-state index contributed by atoms with van der Waals surface area (Å²) in [4.78, 5) is 15.8. The minimum atomic E-state index is 0.0465. The van der Waals surface area contributed by atoms with Gasteiger partial charge in [-0.2, -0.15) is 0 Å². The number of benzene rings is 1. The van der Waals surface area contributed by atoms with Crippen molar-refractivity contribution < 1.29 is 9.53 Å². The normalized spacial score (nSPS) is 22.1. The molecule has 5 nitrogen and oxygen atoms in total. The zero-order valence-corrected chi connectivity index (χ0v) is 13.2. The highest BCUT2D eigenvalue weighted by Gasteiger charge is 2.35. The van der Waals surface area contributed by atoms with Crippen LogP contribution in [0.15, 0.2) is 12.1 Å². The van der Waals surface area contributed by atoms with Gasteiger partial charge in [-0.05, 0) is 11.6 Å². The molecule has 3 rings (SSSR count). The van der Waals surface area contributed by atoms with Gasteiger partial charge in [-0.3, -0.25) is 4.90 Å². The van der Waals surface area contributed by atoms with Gasteiger partial charge >= 0.3 is 6.03 Å². The van der Waals surface area contributed by atoms with Crippen LogP contribution in [0.2, 0.25) is 10.0 Å². The minimum absolute atomic E-state index is 0.0465. The molecule has 0 unspecified atom stereocenters. The fraction of sp³-hybridized carbons (Fsp3) is 0.500. The smallest absolute Gasteiger partial charge is 0.317 e. The van der Waals surface area contributed by atoms with Crippen LogP contribution in [0.1, 0.15) is 5.56 Å². The molecule has 2 saturated heterocycles. The number of nitrogens with one attached hydrogen (secondary N) is 1. The molecule has 0 bridgehead atoms. The van der Waals surface area contributed by atoms with Gasteiger partial charge in [0.05, 0.1) is 18.2 Å². The molecule has 2 amide bonds. The largest absolute Gasteiger partial charge is 0.495 e. The van der Waals surface area contributed by atoms with Crippen molar-refractivity contribution in [1.29, 1.82) is 0 Å². The number of piperazine rings is 1. The second-order valence-electron chi connectivity index (χ2n) is 5.35. The molecule has 1 aromatic carbocycles. The minimum Gasteiger partial charge on any atom is -0.495 e. The SMILES string of the molecule is COc1cc(Cl)c(CN2CCN3C(=O)NC[C@@H]3C2)cc1Cl. The number of fused-ring (bicyclic) bond motifs is 1. The van der Waals surface area contributed by atoms with Gasteiger partial charge in [-0.25, -0.2) is 4.79 Å². The molecular weight excluding hydrogens is 313 g/mol. The Bertz CT molecular complexity index is 567. The number of hydrogen-bond donors (Lipinski definition) is 1.